The third kappa shape index (κ3) is 5.34. The minimum atomic E-state index is -0.879. The van der Waals surface area contributed by atoms with E-state index in [0.717, 1.165) is 44.2 Å². The minimum absolute atomic E-state index is 0.147. The predicted molar refractivity (Wildman–Crippen MR) is 92.8 cm³/mol. The van der Waals surface area contributed by atoms with Gasteiger partial charge in [-0.25, -0.2) is 0 Å². The molecule has 0 saturated carbocycles. The Balaban J connectivity index is 2.03. The largest absolute Gasteiger partial charge is 0.491 e. The first-order valence-corrected chi connectivity index (χ1v) is 8.44. The number of nitrogens with zero attached hydrogens (tertiary/aromatic N) is 1. The molecule has 0 amide bonds. The number of benzene rings is 1. The van der Waals surface area contributed by atoms with Gasteiger partial charge in [0.05, 0.1) is 24.9 Å². The standard InChI is InChI=1S/C19H29NO3/c1-4-9-19(21,10-11-20-12-14-22-15-13-20)17-5-7-18(8-6-17)23-16(2)3/h4-8,16,21H,1,9-15H2,2-3H3/t19-/m1/s1. The third-order valence-corrected chi connectivity index (χ3v) is 4.19. The molecule has 128 valence electrons. The van der Waals surface area contributed by atoms with Crippen molar-refractivity contribution in [1.29, 1.82) is 0 Å². The average Bonchev–Trinajstić information content (AvgIpc) is 2.54. The summed E-state index contributed by atoms with van der Waals surface area (Å²) in [5, 5.41) is 11.1. The van der Waals surface area contributed by atoms with Crippen LogP contribution in [0.25, 0.3) is 0 Å². The Kier molecular flexibility index (Phi) is 6.63. The third-order valence-electron chi connectivity index (χ3n) is 4.19. The smallest absolute Gasteiger partial charge is 0.119 e. The van der Waals surface area contributed by atoms with Crippen molar-refractivity contribution >= 4 is 0 Å². The molecule has 1 heterocycles. The topological polar surface area (TPSA) is 41.9 Å². The molecule has 1 aliphatic heterocycles. The molecule has 0 spiro atoms. The molecule has 1 saturated heterocycles. The van der Waals surface area contributed by atoms with Crippen molar-refractivity contribution < 1.29 is 14.6 Å². The maximum atomic E-state index is 11.1. The van der Waals surface area contributed by atoms with Gasteiger partial charge in [-0.05, 0) is 44.4 Å². The number of aliphatic hydroxyl groups is 1. The van der Waals surface area contributed by atoms with Crippen LogP contribution in [-0.2, 0) is 10.3 Å². The normalized spacial score (nSPS) is 18.6. The summed E-state index contributed by atoms with van der Waals surface area (Å²) in [6.07, 6.45) is 3.16. The Labute approximate surface area is 139 Å². The fraction of sp³-hybridized carbons (Fsp3) is 0.579. The summed E-state index contributed by atoms with van der Waals surface area (Å²) >= 11 is 0. The van der Waals surface area contributed by atoms with Gasteiger partial charge < -0.3 is 14.6 Å². The van der Waals surface area contributed by atoms with Gasteiger partial charge >= 0.3 is 0 Å². The van der Waals surface area contributed by atoms with Crippen LogP contribution in [0.1, 0.15) is 32.3 Å². The van der Waals surface area contributed by atoms with Gasteiger partial charge in [0, 0.05) is 19.6 Å². The van der Waals surface area contributed by atoms with E-state index in [0.29, 0.717) is 12.8 Å². The zero-order chi connectivity index (χ0) is 16.7. The van der Waals surface area contributed by atoms with E-state index in [9.17, 15) is 5.11 Å². The highest BCUT2D eigenvalue weighted by Gasteiger charge is 2.28. The lowest BCUT2D eigenvalue weighted by Crippen LogP contribution is -2.39. The van der Waals surface area contributed by atoms with Crippen LogP contribution in [0.15, 0.2) is 36.9 Å². The molecule has 4 heteroatoms. The van der Waals surface area contributed by atoms with Crippen LogP contribution < -0.4 is 4.74 Å². The van der Waals surface area contributed by atoms with Crippen molar-refractivity contribution in [2.75, 3.05) is 32.8 Å². The van der Waals surface area contributed by atoms with Gasteiger partial charge in [-0.2, -0.15) is 0 Å². The first kappa shape index (κ1) is 18.0. The van der Waals surface area contributed by atoms with Crippen LogP contribution in [0.2, 0.25) is 0 Å². The average molecular weight is 319 g/mol. The molecule has 0 aliphatic carbocycles. The number of ether oxygens (including phenoxy) is 2. The molecule has 1 fully saturated rings. The van der Waals surface area contributed by atoms with E-state index in [2.05, 4.69) is 11.5 Å². The highest BCUT2D eigenvalue weighted by Crippen LogP contribution is 2.31. The van der Waals surface area contributed by atoms with Crippen molar-refractivity contribution in [3.05, 3.63) is 42.5 Å². The van der Waals surface area contributed by atoms with Crippen LogP contribution in [0.5, 0.6) is 5.75 Å². The summed E-state index contributed by atoms with van der Waals surface area (Å²) < 4.78 is 11.0. The SMILES string of the molecule is C=CC[C@@](O)(CCN1CCOCC1)c1ccc(OC(C)C)cc1. The lowest BCUT2D eigenvalue weighted by molar-refractivity contribution is -0.00298. The maximum Gasteiger partial charge on any atom is 0.119 e. The van der Waals surface area contributed by atoms with Gasteiger partial charge in [0.25, 0.3) is 0 Å². The minimum Gasteiger partial charge on any atom is -0.491 e. The van der Waals surface area contributed by atoms with Crippen LogP contribution in [0.3, 0.4) is 0 Å². The van der Waals surface area contributed by atoms with Crippen LogP contribution in [-0.4, -0.2) is 49.0 Å². The van der Waals surface area contributed by atoms with Crippen molar-refractivity contribution in [3.63, 3.8) is 0 Å². The first-order chi connectivity index (χ1) is 11.0. The zero-order valence-corrected chi connectivity index (χ0v) is 14.3. The van der Waals surface area contributed by atoms with E-state index in [1.54, 1.807) is 6.08 Å². The highest BCUT2D eigenvalue weighted by atomic mass is 16.5. The summed E-state index contributed by atoms with van der Waals surface area (Å²) in [5.41, 5.74) is 0.0397. The van der Waals surface area contributed by atoms with Crippen LogP contribution >= 0.6 is 0 Å². The molecule has 0 aromatic heterocycles. The highest BCUT2D eigenvalue weighted by molar-refractivity contribution is 5.31. The number of hydrogen-bond donors (Lipinski definition) is 1. The van der Waals surface area contributed by atoms with Gasteiger partial charge in [-0.15, -0.1) is 6.58 Å². The Morgan fingerprint density at radius 3 is 2.52 bits per heavy atom. The predicted octanol–water partition coefficient (Wildman–Crippen LogP) is 2.96. The maximum absolute atomic E-state index is 11.1. The van der Waals surface area contributed by atoms with E-state index in [4.69, 9.17) is 9.47 Å². The van der Waals surface area contributed by atoms with Crippen LogP contribution in [0.4, 0.5) is 0 Å². The fourth-order valence-corrected chi connectivity index (χ4v) is 2.89. The number of hydrogen-bond acceptors (Lipinski definition) is 4. The Bertz CT molecular complexity index is 480. The molecule has 0 unspecified atom stereocenters. The second-order valence-corrected chi connectivity index (χ2v) is 6.42. The molecule has 1 aromatic carbocycles. The molecule has 4 nitrogen and oxygen atoms in total. The van der Waals surface area contributed by atoms with Crippen molar-refractivity contribution in [2.45, 2.75) is 38.4 Å². The van der Waals surface area contributed by atoms with Crippen molar-refractivity contribution in [3.8, 4) is 5.75 Å². The van der Waals surface area contributed by atoms with E-state index < -0.39 is 5.60 Å². The molecular weight excluding hydrogens is 290 g/mol. The van der Waals surface area contributed by atoms with E-state index in [1.807, 2.05) is 38.1 Å². The summed E-state index contributed by atoms with van der Waals surface area (Å²) in [5.74, 6) is 0.831. The monoisotopic (exact) mass is 319 g/mol. The summed E-state index contributed by atoms with van der Waals surface area (Å²) in [6, 6.07) is 7.78. The van der Waals surface area contributed by atoms with Gasteiger partial charge in [-0.3, -0.25) is 4.90 Å². The Morgan fingerprint density at radius 1 is 1.30 bits per heavy atom. The number of rotatable bonds is 8. The number of morpholine rings is 1. The summed E-state index contributed by atoms with van der Waals surface area (Å²) in [6.45, 7) is 12.1. The van der Waals surface area contributed by atoms with E-state index in [-0.39, 0.29) is 6.10 Å². The fourth-order valence-electron chi connectivity index (χ4n) is 2.89. The van der Waals surface area contributed by atoms with Crippen molar-refractivity contribution in [2.24, 2.45) is 0 Å². The molecule has 23 heavy (non-hydrogen) atoms. The van der Waals surface area contributed by atoms with Crippen molar-refractivity contribution in [1.82, 2.24) is 4.90 Å². The van der Waals surface area contributed by atoms with E-state index in [1.165, 1.54) is 0 Å². The molecular formula is C19H29NO3. The molecule has 1 aliphatic rings. The quantitative estimate of drug-likeness (QED) is 0.748. The second kappa shape index (κ2) is 8.48. The molecule has 1 atom stereocenters. The van der Waals surface area contributed by atoms with Crippen LogP contribution in [0, 0.1) is 0 Å². The molecule has 1 N–H and O–H groups in total. The van der Waals surface area contributed by atoms with E-state index >= 15 is 0 Å². The Hall–Kier alpha value is -1.36. The van der Waals surface area contributed by atoms with Gasteiger partial charge in [0.1, 0.15) is 5.75 Å². The Morgan fingerprint density at radius 2 is 1.96 bits per heavy atom. The van der Waals surface area contributed by atoms with Gasteiger partial charge in [0.2, 0.25) is 0 Å². The second-order valence-electron chi connectivity index (χ2n) is 6.42. The molecule has 1 aromatic rings. The lowest BCUT2D eigenvalue weighted by Gasteiger charge is -2.33. The summed E-state index contributed by atoms with van der Waals surface area (Å²) in [4.78, 5) is 2.34. The molecule has 0 bridgehead atoms. The summed E-state index contributed by atoms with van der Waals surface area (Å²) in [7, 11) is 0. The van der Waals surface area contributed by atoms with Gasteiger partial charge in [-0.1, -0.05) is 18.2 Å². The first-order valence-electron chi connectivity index (χ1n) is 8.44. The lowest BCUT2D eigenvalue weighted by atomic mass is 9.87. The molecule has 2 rings (SSSR count). The zero-order valence-electron chi connectivity index (χ0n) is 14.3. The van der Waals surface area contributed by atoms with Gasteiger partial charge in [0.15, 0.2) is 0 Å². The molecule has 0 radical (unpaired) electrons.